The molecule has 2 rings (SSSR count). The standard InChI is InChI=1S/C14H25N3S/c1-5-11-7-16-14(3,4)10-17(11)9-13-15-8-12(6-2)18-13/h8,11,16H,5-7,9-10H2,1-4H3. The lowest BCUT2D eigenvalue weighted by atomic mass is 9.98. The molecule has 102 valence electrons. The largest absolute Gasteiger partial charge is 0.309 e. The Morgan fingerprint density at radius 1 is 1.50 bits per heavy atom. The summed E-state index contributed by atoms with van der Waals surface area (Å²) in [6, 6.07) is 0.645. The van der Waals surface area contributed by atoms with Crippen molar-refractivity contribution in [3.8, 4) is 0 Å². The van der Waals surface area contributed by atoms with E-state index in [4.69, 9.17) is 0 Å². The molecule has 1 N–H and O–H groups in total. The van der Waals surface area contributed by atoms with Gasteiger partial charge in [0.2, 0.25) is 0 Å². The highest BCUT2D eigenvalue weighted by atomic mass is 32.1. The van der Waals surface area contributed by atoms with Crippen molar-refractivity contribution in [3.63, 3.8) is 0 Å². The second-order valence-electron chi connectivity index (χ2n) is 5.81. The Kier molecular flexibility index (Phi) is 4.41. The van der Waals surface area contributed by atoms with E-state index in [1.807, 2.05) is 17.5 Å². The van der Waals surface area contributed by atoms with Crippen molar-refractivity contribution in [2.75, 3.05) is 13.1 Å². The number of hydrogen-bond acceptors (Lipinski definition) is 4. The number of aryl methyl sites for hydroxylation is 1. The highest BCUT2D eigenvalue weighted by Gasteiger charge is 2.31. The number of piperazine rings is 1. The van der Waals surface area contributed by atoms with Gasteiger partial charge in [-0.1, -0.05) is 13.8 Å². The minimum atomic E-state index is 0.219. The summed E-state index contributed by atoms with van der Waals surface area (Å²) >= 11 is 1.87. The minimum Gasteiger partial charge on any atom is -0.309 e. The minimum absolute atomic E-state index is 0.219. The molecule has 0 bridgehead atoms. The normalized spacial score (nSPS) is 24.3. The van der Waals surface area contributed by atoms with Crippen LogP contribution in [0.5, 0.6) is 0 Å². The number of thiazole rings is 1. The molecule has 18 heavy (non-hydrogen) atoms. The third kappa shape index (κ3) is 3.31. The fourth-order valence-electron chi connectivity index (χ4n) is 2.56. The molecule has 0 aromatic carbocycles. The first-order valence-corrected chi connectivity index (χ1v) is 7.78. The van der Waals surface area contributed by atoms with Crippen molar-refractivity contribution in [3.05, 3.63) is 16.1 Å². The molecule has 1 aromatic rings. The molecule has 4 heteroatoms. The topological polar surface area (TPSA) is 28.2 Å². The summed E-state index contributed by atoms with van der Waals surface area (Å²) in [6.07, 6.45) is 4.34. The van der Waals surface area contributed by atoms with Gasteiger partial charge < -0.3 is 5.32 Å². The number of rotatable bonds is 4. The zero-order chi connectivity index (χ0) is 13.2. The molecular weight excluding hydrogens is 242 g/mol. The van der Waals surface area contributed by atoms with Crippen LogP contribution in [0.2, 0.25) is 0 Å². The van der Waals surface area contributed by atoms with Crippen LogP contribution in [0.25, 0.3) is 0 Å². The second-order valence-corrected chi connectivity index (χ2v) is 7.01. The van der Waals surface area contributed by atoms with Crippen LogP contribution in [0, 0.1) is 0 Å². The van der Waals surface area contributed by atoms with E-state index in [9.17, 15) is 0 Å². The van der Waals surface area contributed by atoms with Gasteiger partial charge in [0, 0.05) is 35.7 Å². The van der Waals surface area contributed by atoms with Crippen LogP contribution < -0.4 is 5.32 Å². The van der Waals surface area contributed by atoms with Crippen LogP contribution in [-0.4, -0.2) is 34.6 Å². The Hall–Kier alpha value is -0.450. The molecule has 1 fully saturated rings. The molecule has 0 spiro atoms. The lowest BCUT2D eigenvalue weighted by molar-refractivity contribution is 0.0858. The molecule has 0 amide bonds. The molecule has 1 aliphatic heterocycles. The van der Waals surface area contributed by atoms with Crippen molar-refractivity contribution < 1.29 is 0 Å². The van der Waals surface area contributed by atoms with Gasteiger partial charge in [-0.25, -0.2) is 4.98 Å². The third-order valence-corrected chi connectivity index (χ3v) is 4.82. The van der Waals surface area contributed by atoms with Gasteiger partial charge in [-0.3, -0.25) is 4.90 Å². The van der Waals surface area contributed by atoms with Crippen LogP contribution in [0.15, 0.2) is 6.20 Å². The van der Waals surface area contributed by atoms with Crippen LogP contribution in [0.4, 0.5) is 0 Å². The van der Waals surface area contributed by atoms with Gasteiger partial charge in [-0.05, 0) is 26.7 Å². The summed E-state index contributed by atoms with van der Waals surface area (Å²) in [5.74, 6) is 0. The Morgan fingerprint density at radius 3 is 2.89 bits per heavy atom. The van der Waals surface area contributed by atoms with E-state index < -0.39 is 0 Å². The first-order valence-electron chi connectivity index (χ1n) is 6.96. The highest BCUT2D eigenvalue weighted by Crippen LogP contribution is 2.22. The zero-order valence-electron chi connectivity index (χ0n) is 12.0. The van der Waals surface area contributed by atoms with Crippen LogP contribution in [0.1, 0.15) is 44.0 Å². The Balaban J connectivity index is 2.04. The predicted octanol–water partition coefficient (Wildman–Crippen LogP) is 2.67. The maximum absolute atomic E-state index is 4.55. The van der Waals surface area contributed by atoms with Crippen LogP contribution >= 0.6 is 11.3 Å². The summed E-state index contributed by atoms with van der Waals surface area (Å²) in [4.78, 5) is 8.54. The van der Waals surface area contributed by atoms with E-state index in [1.54, 1.807) is 0 Å². The maximum atomic E-state index is 4.55. The molecular formula is C14H25N3S. The summed E-state index contributed by atoms with van der Waals surface area (Å²) in [5, 5.41) is 4.90. The Bertz CT molecular complexity index is 386. The van der Waals surface area contributed by atoms with Crippen LogP contribution in [-0.2, 0) is 13.0 Å². The summed E-state index contributed by atoms with van der Waals surface area (Å²) in [5.41, 5.74) is 0.219. The van der Waals surface area contributed by atoms with Gasteiger partial charge in [0.05, 0.1) is 6.54 Å². The molecule has 1 aliphatic rings. The van der Waals surface area contributed by atoms with E-state index in [0.717, 1.165) is 26.1 Å². The fourth-order valence-corrected chi connectivity index (χ4v) is 3.45. The SMILES string of the molecule is CCc1cnc(CN2CC(C)(C)NCC2CC)s1. The van der Waals surface area contributed by atoms with Crippen molar-refractivity contribution in [1.29, 1.82) is 0 Å². The first kappa shape index (κ1) is 14.0. The molecule has 1 unspecified atom stereocenters. The average Bonchev–Trinajstić information content (AvgIpc) is 2.76. The fraction of sp³-hybridized carbons (Fsp3) is 0.786. The number of hydrogen-bond donors (Lipinski definition) is 1. The average molecular weight is 267 g/mol. The zero-order valence-corrected chi connectivity index (χ0v) is 12.8. The number of aromatic nitrogens is 1. The first-order chi connectivity index (χ1) is 8.54. The van der Waals surface area contributed by atoms with E-state index in [0.29, 0.717) is 6.04 Å². The van der Waals surface area contributed by atoms with Gasteiger partial charge >= 0.3 is 0 Å². The van der Waals surface area contributed by atoms with Gasteiger partial charge in [-0.2, -0.15) is 0 Å². The third-order valence-electron chi connectivity index (χ3n) is 3.69. The van der Waals surface area contributed by atoms with Crippen molar-refractivity contribution in [2.24, 2.45) is 0 Å². The van der Waals surface area contributed by atoms with E-state index in [1.165, 1.54) is 16.3 Å². The summed E-state index contributed by atoms with van der Waals surface area (Å²) < 4.78 is 0. The molecule has 0 saturated carbocycles. The van der Waals surface area contributed by atoms with Gasteiger partial charge in [0.15, 0.2) is 0 Å². The number of nitrogens with one attached hydrogen (secondary N) is 1. The molecule has 1 aromatic heterocycles. The smallest absolute Gasteiger partial charge is 0.107 e. The lowest BCUT2D eigenvalue weighted by Gasteiger charge is -2.44. The van der Waals surface area contributed by atoms with Gasteiger partial charge in [0.25, 0.3) is 0 Å². The van der Waals surface area contributed by atoms with Gasteiger partial charge in [0.1, 0.15) is 5.01 Å². The lowest BCUT2D eigenvalue weighted by Crippen LogP contribution is -2.60. The molecule has 2 heterocycles. The van der Waals surface area contributed by atoms with E-state index >= 15 is 0 Å². The summed E-state index contributed by atoms with van der Waals surface area (Å²) in [6.45, 7) is 12.2. The molecule has 0 radical (unpaired) electrons. The van der Waals surface area contributed by atoms with Crippen molar-refractivity contribution in [1.82, 2.24) is 15.2 Å². The van der Waals surface area contributed by atoms with Crippen molar-refractivity contribution in [2.45, 2.75) is 58.7 Å². The van der Waals surface area contributed by atoms with Crippen LogP contribution in [0.3, 0.4) is 0 Å². The summed E-state index contributed by atoms with van der Waals surface area (Å²) in [7, 11) is 0. The molecule has 0 aliphatic carbocycles. The Morgan fingerprint density at radius 2 is 2.28 bits per heavy atom. The monoisotopic (exact) mass is 267 g/mol. The maximum Gasteiger partial charge on any atom is 0.107 e. The molecule has 3 nitrogen and oxygen atoms in total. The molecule has 1 atom stereocenters. The second kappa shape index (κ2) is 5.68. The van der Waals surface area contributed by atoms with Gasteiger partial charge in [-0.15, -0.1) is 11.3 Å². The highest BCUT2D eigenvalue weighted by molar-refractivity contribution is 7.11. The van der Waals surface area contributed by atoms with E-state index in [2.05, 4.69) is 42.9 Å². The van der Waals surface area contributed by atoms with Crippen molar-refractivity contribution >= 4 is 11.3 Å². The number of nitrogens with zero attached hydrogens (tertiary/aromatic N) is 2. The predicted molar refractivity (Wildman–Crippen MR) is 78.1 cm³/mol. The quantitative estimate of drug-likeness (QED) is 0.909. The molecule has 1 saturated heterocycles. The Labute approximate surface area is 115 Å². The van der Waals surface area contributed by atoms with E-state index in [-0.39, 0.29) is 5.54 Å².